The first-order chi connectivity index (χ1) is 6.63. The lowest BCUT2D eigenvalue weighted by Gasteiger charge is -2.16. The standard InChI is InChI=1S/C11H22N2O/c1-3-10(11(12)14)13-7-9-5-4-8(2)6-9/h8-10,13H,3-7H2,1-2H3,(H2,12,14). The molecule has 3 nitrogen and oxygen atoms in total. The van der Waals surface area contributed by atoms with Crippen LogP contribution in [0.2, 0.25) is 0 Å². The molecule has 0 aliphatic heterocycles. The summed E-state index contributed by atoms with van der Waals surface area (Å²) in [6.07, 6.45) is 4.71. The van der Waals surface area contributed by atoms with E-state index in [4.69, 9.17) is 5.73 Å². The molecular weight excluding hydrogens is 176 g/mol. The first-order valence-corrected chi connectivity index (χ1v) is 5.66. The van der Waals surface area contributed by atoms with Gasteiger partial charge in [0.05, 0.1) is 6.04 Å². The highest BCUT2D eigenvalue weighted by Gasteiger charge is 2.22. The fourth-order valence-electron chi connectivity index (χ4n) is 2.27. The number of nitrogens with one attached hydrogen (secondary N) is 1. The summed E-state index contributed by atoms with van der Waals surface area (Å²) in [6, 6.07) is -0.133. The van der Waals surface area contributed by atoms with Gasteiger partial charge in [-0.3, -0.25) is 4.79 Å². The first-order valence-electron chi connectivity index (χ1n) is 5.66. The van der Waals surface area contributed by atoms with Crippen LogP contribution >= 0.6 is 0 Å². The summed E-state index contributed by atoms with van der Waals surface area (Å²) in [5.41, 5.74) is 5.26. The molecule has 0 aromatic heterocycles. The monoisotopic (exact) mass is 198 g/mol. The van der Waals surface area contributed by atoms with Crippen LogP contribution in [0, 0.1) is 11.8 Å². The molecule has 0 aromatic carbocycles. The minimum absolute atomic E-state index is 0.133. The predicted octanol–water partition coefficient (Wildman–Crippen LogP) is 1.28. The third kappa shape index (κ3) is 3.29. The highest BCUT2D eigenvalue weighted by Crippen LogP contribution is 2.29. The molecule has 1 aliphatic rings. The summed E-state index contributed by atoms with van der Waals surface area (Å²) in [4.78, 5) is 11.0. The summed E-state index contributed by atoms with van der Waals surface area (Å²) < 4.78 is 0. The highest BCUT2D eigenvalue weighted by atomic mass is 16.1. The Bertz CT molecular complexity index is 194. The summed E-state index contributed by atoms with van der Waals surface area (Å²) in [5, 5.41) is 3.26. The molecule has 0 spiro atoms. The lowest BCUT2D eigenvalue weighted by atomic mass is 10.1. The van der Waals surface area contributed by atoms with Gasteiger partial charge < -0.3 is 11.1 Å². The largest absolute Gasteiger partial charge is 0.368 e. The minimum Gasteiger partial charge on any atom is -0.368 e. The average Bonchev–Trinajstić information content (AvgIpc) is 2.52. The van der Waals surface area contributed by atoms with E-state index in [0.29, 0.717) is 0 Å². The molecule has 1 aliphatic carbocycles. The van der Waals surface area contributed by atoms with Gasteiger partial charge in [0.2, 0.25) is 5.91 Å². The van der Waals surface area contributed by atoms with Crippen molar-refractivity contribution in [2.45, 2.75) is 45.6 Å². The Morgan fingerprint density at radius 1 is 1.57 bits per heavy atom. The van der Waals surface area contributed by atoms with Crippen LogP contribution in [0.3, 0.4) is 0 Å². The molecule has 0 aromatic rings. The van der Waals surface area contributed by atoms with Crippen LogP contribution in [0.1, 0.15) is 39.5 Å². The second-order valence-electron chi connectivity index (χ2n) is 4.56. The van der Waals surface area contributed by atoms with E-state index in [1.54, 1.807) is 0 Å². The Balaban J connectivity index is 2.22. The van der Waals surface area contributed by atoms with Crippen molar-refractivity contribution in [1.29, 1.82) is 0 Å². The SMILES string of the molecule is CCC(NCC1CCC(C)C1)C(N)=O. The van der Waals surface area contributed by atoms with Gasteiger partial charge in [0.1, 0.15) is 0 Å². The molecule has 1 saturated carbocycles. The maximum Gasteiger partial charge on any atom is 0.234 e. The molecule has 1 fully saturated rings. The van der Waals surface area contributed by atoms with Crippen LogP contribution in [-0.4, -0.2) is 18.5 Å². The molecule has 3 unspecified atom stereocenters. The Labute approximate surface area is 86.4 Å². The van der Waals surface area contributed by atoms with Gasteiger partial charge in [-0.15, -0.1) is 0 Å². The van der Waals surface area contributed by atoms with E-state index >= 15 is 0 Å². The van der Waals surface area contributed by atoms with Crippen molar-refractivity contribution < 1.29 is 4.79 Å². The number of carbonyl (C=O) groups excluding carboxylic acids is 1. The Hall–Kier alpha value is -0.570. The van der Waals surface area contributed by atoms with Gasteiger partial charge >= 0.3 is 0 Å². The van der Waals surface area contributed by atoms with E-state index in [-0.39, 0.29) is 11.9 Å². The molecule has 1 rings (SSSR count). The molecule has 0 bridgehead atoms. The summed E-state index contributed by atoms with van der Waals surface area (Å²) in [5.74, 6) is 1.38. The molecule has 3 heteroatoms. The highest BCUT2D eigenvalue weighted by molar-refractivity contribution is 5.79. The van der Waals surface area contributed by atoms with E-state index in [9.17, 15) is 4.79 Å². The van der Waals surface area contributed by atoms with Crippen molar-refractivity contribution in [2.75, 3.05) is 6.54 Å². The van der Waals surface area contributed by atoms with Crippen molar-refractivity contribution in [3.8, 4) is 0 Å². The van der Waals surface area contributed by atoms with Gasteiger partial charge in [-0.25, -0.2) is 0 Å². The van der Waals surface area contributed by atoms with E-state index in [0.717, 1.165) is 24.8 Å². The zero-order chi connectivity index (χ0) is 10.6. The molecule has 3 atom stereocenters. The Morgan fingerprint density at radius 2 is 2.29 bits per heavy atom. The van der Waals surface area contributed by atoms with E-state index < -0.39 is 0 Å². The fraction of sp³-hybridized carbons (Fsp3) is 0.909. The average molecular weight is 198 g/mol. The minimum atomic E-state index is -0.224. The van der Waals surface area contributed by atoms with Crippen LogP contribution in [-0.2, 0) is 4.79 Å². The zero-order valence-electron chi connectivity index (χ0n) is 9.25. The van der Waals surface area contributed by atoms with E-state index in [1.807, 2.05) is 6.92 Å². The molecule has 1 amide bonds. The molecular formula is C11H22N2O. The van der Waals surface area contributed by atoms with Crippen LogP contribution < -0.4 is 11.1 Å². The smallest absolute Gasteiger partial charge is 0.234 e. The first kappa shape index (κ1) is 11.5. The predicted molar refractivity (Wildman–Crippen MR) is 57.8 cm³/mol. The third-order valence-electron chi connectivity index (χ3n) is 3.21. The topological polar surface area (TPSA) is 55.1 Å². The lowest BCUT2D eigenvalue weighted by molar-refractivity contribution is -0.120. The third-order valence-corrected chi connectivity index (χ3v) is 3.21. The lowest BCUT2D eigenvalue weighted by Crippen LogP contribution is -2.42. The van der Waals surface area contributed by atoms with Gasteiger partial charge in [-0.1, -0.05) is 20.3 Å². The van der Waals surface area contributed by atoms with Crippen LogP contribution in [0.5, 0.6) is 0 Å². The molecule has 0 radical (unpaired) electrons. The molecule has 82 valence electrons. The number of hydrogen-bond donors (Lipinski definition) is 2. The number of nitrogens with two attached hydrogens (primary N) is 1. The number of hydrogen-bond acceptors (Lipinski definition) is 2. The van der Waals surface area contributed by atoms with Gasteiger partial charge in [0.15, 0.2) is 0 Å². The van der Waals surface area contributed by atoms with Crippen molar-refractivity contribution in [3.05, 3.63) is 0 Å². The molecule has 0 heterocycles. The number of carbonyl (C=O) groups is 1. The fourth-order valence-corrected chi connectivity index (χ4v) is 2.27. The maximum atomic E-state index is 11.0. The summed E-state index contributed by atoms with van der Waals surface area (Å²) in [6.45, 7) is 5.23. The summed E-state index contributed by atoms with van der Waals surface area (Å²) in [7, 11) is 0. The van der Waals surface area contributed by atoms with Crippen LogP contribution in [0.15, 0.2) is 0 Å². The van der Waals surface area contributed by atoms with Crippen LogP contribution in [0.25, 0.3) is 0 Å². The van der Waals surface area contributed by atoms with Crippen molar-refractivity contribution in [2.24, 2.45) is 17.6 Å². The Morgan fingerprint density at radius 3 is 2.71 bits per heavy atom. The van der Waals surface area contributed by atoms with Crippen LogP contribution in [0.4, 0.5) is 0 Å². The summed E-state index contributed by atoms with van der Waals surface area (Å²) >= 11 is 0. The second kappa shape index (κ2) is 5.35. The van der Waals surface area contributed by atoms with E-state index in [1.165, 1.54) is 19.3 Å². The quantitative estimate of drug-likeness (QED) is 0.699. The second-order valence-corrected chi connectivity index (χ2v) is 4.56. The maximum absolute atomic E-state index is 11.0. The van der Waals surface area contributed by atoms with Gasteiger partial charge in [-0.05, 0) is 37.6 Å². The van der Waals surface area contributed by atoms with E-state index in [2.05, 4.69) is 12.2 Å². The molecule has 14 heavy (non-hydrogen) atoms. The molecule has 0 saturated heterocycles. The zero-order valence-corrected chi connectivity index (χ0v) is 9.25. The van der Waals surface area contributed by atoms with Gasteiger partial charge in [-0.2, -0.15) is 0 Å². The molecule has 3 N–H and O–H groups in total. The van der Waals surface area contributed by atoms with Crippen molar-refractivity contribution >= 4 is 5.91 Å². The van der Waals surface area contributed by atoms with Crippen molar-refractivity contribution in [1.82, 2.24) is 5.32 Å². The normalized spacial score (nSPS) is 29.0. The van der Waals surface area contributed by atoms with Gasteiger partial charge in [0.25, 0.3) is 0 Å². The number of amides is 1. The number of primary amides is 1. The Kier molecular flexibility index (Phi) is 4.39. The van der Waals surface area contributed by atoms with Gasteiger partial charge in [0, 0.05) is 0 Å². The van der Waals surface area contributed by atoms with Crippen molar-refractivity contribution in [3.63, 3.8) is 0 Å². The number of rotatable bonds is 5.